The van der Waals surface area contributed by atoms with Gasteiger partial charge >= 0.3 is 11.9 Å². The first kappa shape index (κ1) is 28.1. The van der Waals surface area contributed by atoms with Crippen molar-refractivity contribution < 1.29 is 27.5 Å². The third-order valence-electron chi connectivity index (χ3n) is 4.76. The van der Waals surface area contributed by atoms with Crippen LogP contribution in [0.15, 0.2) is 38.8 Å². The number of hydrogen-bond donors (Lipinski definition) is 1. The van der Waals surface area contributed by atoms with Gasteiger partial charge in [0.05, 0.1) is 19.1 Å². The van der Waals surface area contributed by atoms with E-state index in [1.807, 2.05) is 29.5 Å². The summed E-state index contributed by atoms with van der Waals surface area (Å²) in [6, 6.07) is 6.51. The molecule has 7 nitrogen and oxygen atoms in total. The number of ether oxygens (including phenoxy) is 2. The van der Waals surface area contributed by atoms with Crippen molar-refractivity contribution >= 4 is 44.6 Å². The summed E-state index contributed by atoms with van der Waals surface area (Å²) in [5, 5.41) is 0. The molecular weight excluding hydrogens is 545 g/mol. The van der Waals surface area contributed by atoms with Gasteiger partial charge in [0.25, 0.3) is 0 Å². The number of esters is 2. The summed E-state index contributed by atoms with van der Waals surface area (Å²) in [7, 11) is -1.29. The lowest BCUT2D eigenvalue weighted by Crippen LogP contribution is -2.40. The van der Waals surface area contributed by atoms with E-state index in [9.17, 15) is 18.0 Å². The fourth-order valence-corrected chi connectivity index (χ4v) is 4.42. The second-order valence-electron chi connectivity index (χ2n) is 7.19. The van der Waals surface area contributed by atoms with E-state index in [0.717, 1.165) is 18.4 Å². The lowest BCUT2D eigenvalue weighted by atomic mass is 9.81. The van der Waals surface area contributed by atoms with E-state index in [2.05, 4.69) is 23.5 Å². The second-order valence-corrected chi connectivity index (χ2v) is 10.3. The van der Waals surface area contributed by atoms with Crippen LogP contribution < -0.4 is 4.72 Å². The van der Waals surface area contributed by atoms with Crippen LogP contribution in [-0.2, 0) is 29.1 Å². The van der Waals surface area contributed by atoms with Crippen LogP contribution in [0.5, 0.6) is 0 Å². The fraction of sp³-hybridized carbons (Fsp3) is 0.478. The molecule has 0 atom stereocenters. The molecule has 1 rings (SSSR count). The summed E-state index contributed by atoms with van der Waals surface area (Å²) in [5.41, 5.74) is -0.659. The Morgan fingerprint density at radius 3 is 2.25 bits per heavy atom. The van der Waals surface area contributed by atoms with Crippen LogP contribution in [0.4, 0.5) is 0 Å². The first-order valence-corrected chi connectivity index (χ1v) is 12.7. The standard InChI is InChI=1S/C23H30INO6S/c1-5-6-7-8-9-15-23(21(26)30-3,22(27)31-4)16-14-19(24)17-25-32(28,29)20-12-10-18(2)11-13-20/h10-14,25H,5-7,15-17H2,1-4H3/b19-14-. The molecule has 0 aliphatic heterocycles. The van der Waals surface area contributed by atoms with Crippen LogP contribution in [0.25, 0.3) is 0 Å². The number of sulfonamides is 1. The molecular formula is C23H30INO6S. The number of nitrogens with one attached hydrogen (secondary N) is 1. The highest BCUT2D eigenvalue weighted by Gasteiger charge is 2.47. The number of hydrogen-bond acceptors (Lipinski definition) is 6. The van der Waals surface area contributed by atoms with E-state index in [-0.39, 0.29) is 24.3 Å². The second kappa shape index (κ2) is 13.6. The summed E-state index contributed by atoms with van der Waals surface area (Å²) < 4.78 is 37.8. The SMILES string of the molecule is CCCCC#CCC(C/C=C(\I)CNS(=O)(=O)c1ccc(C)cc1)(C(=O)OC)C(=O)OC. The highest BCUT2D eigenvalue weighted by atomic mass is 127. The molecule has 9 heteroatoms. The largest absolute Gasteiger partial charge is 0.468 e. The van der Waals surface area contributed by atoms with Gasteiger partial charge in [-0.15, -0.1) is 11.8 Å². The number of halogens is 1. The molecule has 0 spiro atoms. The maximum Gasteiger partial charge on any atom is 0.324 e. The molecule has 1 aromatic rings. The number of carbonyl (C=O) groups excluding carboxylic acids is 2. The Morgan fingerprint density at radius 2 is 1.72 bits per heavy atom. The molecule has 0 bridgehead atoms. The maximum atomic E-state index is 12.6. The highest BCUT2D eigenvalue weighted by Crippen LogP contribution is 2.32. The molecule has 0 aliphatic rings. The van der Waals surface area contributed by atoms with Gasteiger partial charge in [0.1, 0.15) is 0 Å². The smallest absolute Gasteiger partial charge is 0.324 e. The van der Waals surface area contributed by atoms with Crippen molar-refractivity contribution in [3.63, 3.8) is 0 Å². The zero-order chi connectivity index (χ0) is 24.2. The van der Waals surface area contributed by atoms with Crippen molar-refractivity contribution in [2.45, 2.75) is 50.8 Å². The quantitative estimate of drug-likeness (QED) is 0.141. The Kier molecular flexibility index (Phi) is 12.0. The minimum atomic E-state index is -3.69. The van der Waals surface area contributed by atoms with Gasteiger partial charge in [-0.25, -0.2) is 13.1 Å². The predicted octanol–water partition coefficient (Wildman–Crippen LogP) is 3.90. The molecule has 0 heterocycles. The van der Waals surface area contributed by atoms with E-state index in [1.165, 1.54) is 26.4 Å². The van der Waals surface area contributed by atoms with E-state index in [4.69, 9.17) is 9.47 Å². The number of aryl methyl sites for hydroxylation is 1. The number of carbonyl (C=O) groups is 2. The minimum absolute atomic E-state index is 0.0113. The average molecular weight is 575 g/mol. The molecule has 1 aromatic carbocycles. The van der Waals surface area contributed by atoms with E-state index < -0.39 is 27.4 Å². The average Bonchev–Trinajstić information content (AvgIpc) is 2.79. The monoisotopic (exact) mass is 575 g/mol. The molecule has 0 saturated carbocycles. The van der Waals surface area contributed by atoms with Gasteiger partial charge < -0.3 is 9.47 Å². The molecule has 0 radical (unpaired) electrons. The first-order valence-electron chi connectivity index (χ1n) is 10.2. The Morgan fingerprint density at radius 1 is 1.12 bits per heavy atom. The van der Waals surface area contributed by atoms with Crippen LogP contribution in [-0.4, -0.2) is 41.1 Å². The van der Waals surface area contributed by atoms with Crippen molar-refractivity contribution in [2.75, 3.05) is 20.8 Å². The number of allylic oxidation sites excluding steroid dienone is 1. The summed E-state index contributed by atoms with van der Waals surface area (Å²) in [6.45, 7) is 3.94. The van der Waals surface area contributed by atoms with Crippen LogP contribution in [0.1, 0.15) is 44.6 Å². The van der Waals surface area contributed by atoms with Gasteiger partial charge in [-0.05, 0) is 54.5 Å². The van der Waals surface area contributed by atoms with Crippen molar-refractivity contribution in [1.29, 1.82) is 0 Å². The predicted molar refractivity (Wildman–Crippen MR) is 131 cm³/mol. The summed E-state index contributed by atoms with van der Waals surface area (Å²) in [5.74, 6) is 4.40. The van der Waals surface area contributed by atoms with Gasteiger partial charge in [-0.2, -0.15) is 0 Å². The van der Waals surface area contributed by atoms with Crippen molar-refractivity contribution in [3.8, 4) is 11.8 Å². The highest BCUT2D eigenvalue weighted by molar-refractivity contribution is 14.1. The Bertz CT molecular complexity index is 958. The van der Waals surface area contributed by atoms with Crippen LogP contribution in [0, 0.1) is 24.2 Å². The van der Waals surface area contributed by atoms with Crippen LogP contribution in [0.2, 0.25) is 0 Å². The molecule has 0 aromatic heterocycles. The van der Waals surface area contributed by atoms with Gasteiger partial charge in [0, 0.05) is 23.0 Å². The minimum Gasteiger partial charge on any atom is -0.468 e. The summed E-state index contributed by atoms with van der Waals surface area (Å²) in [4.78, 5) is 25.3. The van der Waals surface area contributed by atoms with Gasteiger partial charge in [0.2, 0.25) is 10.0 Å². The third kappa shape index (κ3) is 8.22. The molecule has 0 aliphatic carbocycles. The topological polar surface area (TPSA) is 98.8 Å². The molecule has 0 saturated heterocycles. The van der Waals surface area contributed by atoms with Gasteiger partial charge in [-0.1, -0.05) is 37.1 Å². The Hall–Kier alpha value is -1.90. The van der Waals surface area contributed by atoms with E-state index in [0.29, 0.717) is 10.0 Å². The van der Waals surface area contributed by atoms with Gasteiger partial charge in [0.15, 0.2) is 5.41 Å². The van der Waals surface area contributed by atoms with Crippen molar-refractivity contribution in [3.05, 3.63) is 39.5 Å². The van der Waals surface area contributed by atoms with E-state index >= 15 is 0 Å². The normalized spacial score (nSPS) is 12.0. The Labute approximate surface area is 204 Å². The van der Waals surface area contributed by atoms with Crippen LogP contribution >= 0.6 is 22.6 Å². The molecule has 0 unspecified atom stereocenters. The molecule has 0 fully saturated rings. The zero-order valence-electron chi connectivity index (χ0n) is 18.9. The maximum absolute atomic E-state index is 12.6. The van der Waals surface area contributed by atoms with E-state index in [1.54, 1.807) is 18.2 Å². The summed E-state index contributed by atoms with van der Waals surface area (Å²) in [6.07, 6.45) is 4.14. The lowest BCUT2D eigenvalue weighted by Gasteiger charge is -2.25. The molecule has 0 amide bonds. The van der Waals surface area contributed by atoms with Crippen molar-refractivity contribution in [1.82, 2.24) is 4.72 Å². The molecule has 1 N–H and O–H groups in total. The van der Waals surface area contributed by atoms with Crippen LogP contribution in [0.3, 0.4) is 0 Å². The zero-order valence-corrected chi connectivity index (χ0v) is 21.8. The first-order chi connectivity index (χ1) is 15.1. The number of methoxy groups -OCH3 is 2. The number of unbranched alkanes of at least 4 members (excludes halogenated alkanes) is 2. The Balaban J connectivity index is 3.01. The number of benzene rings is 1. The number of rotatable bonds is 11. The molecule has 176 valence electrons. The summed E-state index contributed by atoms with van der Waals surface area (Å²) >= 11 is 1.97. The van der Waals surface area contributed by atoms with Crippen molar-refractivity contribution in [2.24, 2.45) is 5.41 Å². The lowest BCUT2D eigenvalue weighted by molar-refractivity contribution is -0.168. The molecule has 32 heavy (non-hydrogen) atoms. The fourth-order valence-electron chi connectivity index (χ4n) is 2.75. The van der Waals surface area contributed by atoms with Gasteiger partial charge in [-0.3, -0.25) is 9.59 Å². The third-order valence-corrected chi connectivity index (χ3v) is 7.00.